The minimum atomic E-state index is 0.0156. The Kier molecular flexibility index (Phi) is 25.0. The smallest absolute Gasteiger partial charge is 0.157 e. The molecule has 1 atom stereocenters. The fourth-order valence-corrected chi connectivity index (χ4v) is 4.44. The van der Waals surface area contributed by atoms with Crippen molar-refractivity contribution in [3.63, 3.8) is 0 Å². The largest absolute Gasteiger partial charge is 0.353 e. The zero-order chi connectivity index (χ0) is 22.1. The van der Waals surface area contributed by atoms with Gasteiger partial charge in [0.25, 0.3) is 0 Å². The summed E-state index contributed by atoms with van der Waals surface area (Å²) in [5.74, 6) is 0.929. The second-order valence-electron chi connectivity index (χ2n) is 9.10. The summed E-state index contributed by atoms with van der Waals surface area (Å²) < 4.78 is 11.2. The Bertz CT molecular complexity index is 305. The second-order valence-corrected chi connectivity index (χ2v) is 9.10. The van der Waals surface area contributed by atoms with Gasteiger partial charge in [0, 0.05) is 13.2 Å². The van der Waals surface area contributed by atoms with E-state index < -0.39 is 0 Å². The van der Waals surface area contributed by atoms with Crippen molar-refractivity contribution in [2.45, 2.75) is 149 Å². The molecule has 30 heavy (non-hydrogen) atoms. The molecule has 0 aliphatic rings. The predicted octanol–water partition coefficient (Wildman–Crippen LogP) is 8.39. The molecule has 0 aromatic rings. The van der Waals surface area contributed by atoms with Gasteiger partial charge in [-0.15, -0.1) is 0 Å². The Morgan fingerprint density at radius 3 is 1.33 bits per heavy atom. The minimum absolute atomic E-state index is 0.0156. The molecular weight excluding hydrogens is 370 g/mol. The molecule has 0 aliphatic heterocycles. The number of unbranched alkanes of at least 4 members (excludes halogenated alkanes) is 12. The second kappa shape index (κ2) is 25.1. The lowest BCUT2D eigenvalue weighted by Crippen LogP contribution is -2.17. The zero-order valence-electron chi connectivity index (χ0n) is 21.1. The van der Waals surface area contributed by atoms with E-state index >= 15 is 0 Å². The summed E-state index contributed by atoms with van der Waals surface area (Å²) in [4.78, 5) is 0. The molecule has 0 aliphatic carbocycles. The van der Waals surface area contributed by atoms with Crippen LogP contribution in [0.4, 0.5) is 0 Å². The van der Waals surface area contributed by atoms with E-state index in [9.17, 15) is 0 Å². The van der Waals surface area contributed by atoms with Crippen molar-refractivity contribution < 1.29 is 9.47 Å². The molecule has 0 aromatic heterocycles. The Morgan fingerprint density at radius 1 is 0.500 bits per heavy atom. The van der Waals surface area contributed by atoms with Gasteiger partial charge in [-0.1, -0.05) is 103 Å². The van der Waals surface area contributed by atoms with Crippen molar-refractivity contribution in [1.29, 1.82) is 0 Å². The number of nitrogens with two attached hydrogens (primary N) is 1. The molecule has 0 amide bonds. The van der Waals surface area contributed by atoms with Gasteiger partial charge in [-0.3, -0.25) is 0 Å². The van der Waals surface area contributed by atoms with E-state index in [-0.39, 0.29) is 6.29 Å². The minimum Gasteiger partial charge on any atom is -0.353 e. The van der Waals surface area contributed by atoms with Gasteiger partial charge in [-0.25, -0.2) is 0 Å². The normalized spacial score (nSPS) is 12.7. The third-order valence-electron chi connectivity index (χ3n) is 6.29. The first-order valence-electron chi connectivity index (χ1n) is 13.7. The quantitative estimate of drug-likeness (QED) is 0.117. The number of rotatable bonds is 25. The predicted molar refractivity (Wildman–Crippen MR) is 133 cm³/mol. The lowest BCUT2D eigenvalue weighted by Gasteiger charge is -2.17. The number of hydrogen-bond acceptors (Lipinski definition) is 3. The number of ether oxygens (including phenoxy) is 2. The van der Waals surface area contributed by atoms with Crippen molar-refractivity contribution >= 4 is 0 Å². The maximum absolute atomic E-state index is 5.77. The molecule has 182 valence electrons. The highest BCUT2D eigenvalue weighted by Crippen LogP contribution is 2.23. The van der Waals surface area contributed by atoms with Crippen LogP contribution >= 0.6 is 0 Å². The van der Waals surface area contributed by atoms with E-state index in [0.717, 1.165) is 32.1 Å². The van der Waals surface area contributed by atoms with E-state index in [1.165, 1.54) is 116 Å². The molecule has 0 bridgehead atoms. The Labute approximate surface area is 190 Å². The molecule has 2 N–H and O–H groups in total. The molecule has 0 saturated carbocycles. The van der Waals surface area contributed by atoms with Crippen LogP contribution in [0.3, 0.4) is 0 Å². The summed E-state index contributed by atoms with van der Waals surface area (Å²) in [5.41, 5.74) is 5.77. The van der Waals surface area contributed by atoms with Crippen LogP contribution in [0.5, 0.6) is 0 Å². The molecule has 3 heteroatoms. The summed E-state index contributed by atoms with van der Waals surface area (Å²) in [5, 5.41) is 0. The van der Waals surface area contributed by atoms with Gasteiger partial charge in [-0.05, 0) is 52.0 Å². The summed E-state index contributed by atoms with van der Waals surface area (Å²) >= 11 is 0. The summed E-state index contributed by atoms with van der Waals surface area (Å²) in [6.07, 6.45) is 26.0. The van der Waals surface area contributed by atoms with Crippen LogP contribution in [0.1, 0.15) is 143 Å². The van der Waals surface area contributed by atoms with Crippen LogP contribution in [0, 0.1) is 5.92 Å². The van der Waals surface area contributed by atoms with Crippen molar-refractivity contribution in [1.82, 2.24) is 0 Å². The van der Waals surface area contributed by atoms with Crippen LogP contribution in [-0.2, 0) is 9.47 Å². The zero-order valence-corrected chi connectivity index (χ0v) is 21.1. The average Bonchev–Trinajstić information content (AvgIpc) is 2.75. The van der Waals surface area contributed by atoms with Gasteiger partial charge in [0.1, 0.15) is 0 Å². The van der Waals surface area contributed by atoms with E-state index in [1.54, 1.807) is 0 Å². The molecule has 0 heterocycles. The SMILES string of the molecule is CCCCCCCCCC(CCCN)CCCCCCCCCC(OCC)OCC. The standard InChI is InChI=1S/C27H57NO2/c1-4-7-8-9-11-14-17-21-26(23-20-25-28)22-18-15-12-10-13-16-19-24-27(29-5-2)30-6-3/h26-27H,4-25,28H2,1-3H3. The van der Waals surface area contributed by atoms with Gasteiger partial charge in [0.15, 0.2) is 6.29 Å². The molecule has 0 radical (unpaired) electrons. The lowest BCUT2D eigenvalue weighted by atomic mass is 9.90. The van der Waals surface area contributed by atoms with Crippen molar-refractivity contribution in [3.05, 3.63) is 0 Å². The van der Waals surface area contributed by atoms with Crippen molar-refractivity contribution in [3.8, 4) is 0 Å². The van der Waals surface area contributed by atoms with Gasteiger partial charge in [0.05, 0.1) is 0 Å². The highest BCUT2D eigenvalue weighted by molar-refractivity contribution is 4.62. The Balaban J connectivity index is 3.63. The van der Waals surface area contributed by atoms with Crippen LogP contribution in [0.25, 0.3) is 0 Å². The first-order chi connectivity index (χ1) is 14.8. The Hall–Kier alpha value is -0.120. The van der Waals surface area contributed by atoms with Crippen LogP contribution in [0.15, 0.2) is 0 Å². The molecule has 0 fully saturated rings. The van der Waals surface area contributed by atoms with Gasteiger partial charge >= 0.3 is 0 Å². The topological polar surface area (TPSA) is 44.5 Å². The molecule has 3 nitrogen and oxygen atoms in total. The monoisotopic (exact) mass is 427 g/mol. The number of hydrogen-bond donors (Lipinski definition) is 1. The maximum atomic E-state index is 5.77. The van der Waals surface area contributed by atoms with Crippen LogP contribution < -0.4 is 5.73 Å². The van der Waals surface area contributed by atoms with E-state index in [1.807, 2.05) is 13.8 Å². The van der Waals surface area contributed by atoms with E-state index in [2.05, 4.69) is 6.92 Å². The maximum Gasteiger partial charge on any atom is 0.157 e. The highest BCUT2D eigenvalue weighted by Gasteiger charge is 2.09. The van der Waals surface area contributed by atoms with Crippen LogP contribution in [-0.4, -0.2) is 26.0 Å². The fourth-order valence-electron chi connectivity index (χ4n) is 4.44. The van der Waals surface area contributed by atoms with Crippen molar-refractivity contribution in [2.24, 2.45) is 11.7 Å². The summed E-state index contributed by atoms with van der Waals surface area (Å²) in [6, 6.07) is 0. The molecule has 0 rings (SSSR count). The van der Waals surface area contributed by atoms with E-state index in [4.69, 9.17) is 15.2 Å². The average molecular weight is 428 g/mol. The fraction of sp³-hybridized carbons (Fsp3) is 1.00. The van der Waals surface area contributed by atoms with E-state index in [0.29, 0.717) is 0 Å². The first kappa shape index (κ1) is 29.9. The third-order valence-corrected chi connectivity index (χ3v) is 6.29. The summed E-state index contributed by atoms with van der Waals surface area (Å²) in [7, 11) is 0. The highest BCUT2D eigenvalue weighted by atomic mass is 16.7. The summed E-state index contributed by atoms with van der Waals surface area (Å²) in [6.45, 7) is 8.74. The van der Waals surface area contributed by atoms with Gasteiger partial charge in [0.2, 0.25) is 0 Å². The van der Waals surface area contributed by atoms with Crippen LogP contribution in [0.2, 0.25) is 0 Å². The molecule has 1 unspecified atom stereocenters. The molecular formula is C27H57NO2. The molecule has 0 saturated heterocycles. The first-order valence-corrected chi connectivity index (χ1v) is 13.7. The molecule has 0 aromatic carbocycles. The third kappa shape index (κ3) is 21.1. The van der Waals surface area contributed by atoms with Crippen molar-refractivity contribution in [2.75, 3.05) is 19.8 Å². The Morgan fingerprint density at radius 2 is 0.900 bits per heavy atom. The van der Waals surface area contributed by atoms with Gasteiger partial charge < -0.3 is 15.2 Å². The molecule has 0 spiro atoms. The lowest BCUT2D eigenvalue weighted by molar-refractivity contribution is -0.140. The van der Waals surface area contributed by atoms with Gasteiger partial charge in [-0.2, -0.15) is 0 Å².